The molecule has 2 amide bonds. The SMILES string of the molecule is CN=C(NCCNC(=O)c1ccccc1)NC1CCN(C(=O)C2CCCC2)C1.I. The van der Waals surface area contributed by atoms with Crippen LogP contribution in [0.25, 0.3) is 0 Å². The Bertz CT molecular complexity index is 692. The zero-order chi connectivity index (χ0) is 19.8. The number of guanidine groups is 1. The van der Waals surface area contributed by atoms with Crippen molar-refractivity contribution in [2.75, 3.05) is 33.2 Å². The van der Waals surface area contributed by atoms with Crippen LogP contribution in [0.2, 0.25) is 0 Å². The Morgan fingerprint density at radius 3 is 2.45 bits per heavy atom. The lowest BCUT2D eigenvalue weighted by molar-refractivity contribution is -0.134. The minimum atomic E-state index is -0.0813. The summed E-state index contributed by atoms with van der Waals surface area (Å²) in [5.41, 5.74) is 0.656. The maximum absolute atomic E-state index is 12.6. The molecular formula is C21H32IN5O2. The quantitative estimate of drug-likeness (QED) is 0.235. The maximum Gasteiger partial charge on any atom is 0.251 e. The average Bonchev–Trinajstić information content (AvgIpc) is 3.42. The van der Waals surface area contributed by atoms with E-state index >= 15 is 0 Å². The van der Waals surface area contributed by atoms with Gasteiger partial charge in [0.15, 0.2) is 5.96 Å². The molecule has 1 aromatic carbocycles. The van der Waals surface area contributed by atoms with Crippen molar-refractivity contribution >= 4 is 41.8 Å². The van der Waals surface area contributed by atoms with Crippen LogP contribution < -0.4 is 16.0 Å². The number of amides is 2. The Morgan fingerprint density at radius 2 is 1.76 bits per heavy atom. The first-order chi connectivity index (χ1) is 13.7. The molecule has 1 saturated carbocycles. The fourth-order valence-electron chi connectivity index (χ4n) is 3.95. The first-order valence-corrected chi connectivity index (χ1v) is 10.3. The largest absolute Gasteiger partial charge is 0.355 e. The van der Waals surface area contributed by atoms with Crippen molar-refractivity contribution in [1.29, 1.82) is 0 Å². The number of hydrogen-bond donors (Lipinski definition) is 3. The second-order valence-electron chi connectivity index (χ2n) is 7.52. The van der Waals surface area contributed by atoms with Crippen LogP contribution in [0.1, 0.15) is 42.5 Å². The van der Waals surface area contributed by atoms with E-state index in [0.29, 0.717) is 30.5 Å². The molecule has 1 aliphatic carbocycles. The van der Waals surface area contributed by atoms with E-state index in [1.165, 1.54) is 12.8 Å². The predicted molar refractivity (Wildman–Crippen MR) is 126 cm³/mol. The molecule has 1 saturated heterocycles. The van der Waals surface area contributed by atoms with Gasteiger partial charge >= 0.3 is 0 Å². The molecule has 2 fully saturated rings. The topological polar surface area (TPSA) is 85.8 Å². The molecule has 1 atom stereocenters. The zero-order valence-corrected chi connectivity index (χ0v) is 19.4. The molecule has 8 heteroatoms. The summed E-state index contributed by atoms with van der Waals surface area (Å²) < 4.78 is 0. The Hall–Kier alpha value is -1.84. The van der Waals surface area contributed by atoms with Gasteiger partial charge in [-0.3, -0.25) is 14.6 Å². The van der Waals surface area contributed by atoms with Crippen LogP contribution in [0.3, 0.4) is 0 Å². The van der Waals surface area contributed by atoms with Gasteiger partial charge in [0.25, 0.3) is 5.91 Å². The van der Waals surface area contributed by atoms with Crippen molar-refractivity contribution in [3.8, 4) is 0 Å². The van der Waals surface area contributed by atoms with Crippen molar-refractivity contribution in [3.05, 3.63) is 35.9 Å². The molecule has 0 spiro atoms. The van der Waals surface area contributed by atoms with Crippen LogP contribution in [0.5, 0.6) is 0 Å². The number of rotatable bonds is 6. The molecule has 2 aliphatic rings. The van der Waals surface area contributed by atoms with Crippen LogP contribution in [-0.4, -0.2) is 61.9 Å². The highest BCUT2D eigenvalue weighted by Crippen LogP contribution is 2.27. The molecule has 29 heavy (non-hydrogen) atoms. The molecule has 0 bridgehead atoms. The van der Waals surface area contributed by atoms with Gasteiger partial charge in [-0.15, -0.1) is 24.0 Å². The summed E-state index contributed by atoms with van der Waals surface area (Å²) in [5, 5.41) is 9.50. The van der Waals surface area contributed by atoms with Crippen molar-refractivity contribution < 1.29 is 9.59 Å². The van der Waals surface area contributed by atoms with Gasteiger partial charge in [0.1, 0.15) is 0 Å². The minimum absolute atomic E-state index is 0. The number of nitrogens with zero attached hydrogens (tertiary/aromatic N) is 2. The normalized spacial score (nSPS) is 19.6. The highest BCUT2D eigenvalue weighted by atomic mass is 127. The fraction of sp³-hybridized carbons (Fsp3) is 0.571. The number of aliphatic imine (C=N–C) groups is 1. The van der Waals surface area contributed by atoms with E-state index in [9.17, 15) is 9.59 Å². The van der Waals surface area contributed by atoms with Gasteiger partial charge in [-0.25, -0.2) is 0 Å². The van der Waals surface area contributed by atoms with Gasteiger partial charge < -0.3 is 20.9 Å². The van der Waals surface area contributed by atoms with E-state index in [1.54, 1.807) is 19.2 Å². The molecule has 1 unspecified atom stereocenters. The molecule has 1 aromatic rings. The number of carbonyl (C=O) groups excluding carboxylic acids is 2. The average molecular weight is 513 g/mol. The Balaban J connectivity index is 0.00000300. The summed E-state index contributed by atoms with van der Waals surface area (Å²) in [4.78, 5) is 30.8. The molecule has 1 heterocycles. The van der Waals surface area contributed by atoms with Gasteiger partial charge in [-0.05, 0) is 31.4 Å². The van der Waals surface area contributed by atoms with Crippen molar-refractivity contribution in [2.45, 2.75) is 38.1 Å². The zero-order valence-electron chi connectivity index (χ0n) is 17.0. The molecular weight excluding hydrogens is 481 g/mol. The Kier molecular flexibility index (Phi) is 9.69. The van der Waals surface area contributed by atoms with Crippen LogP contribution in [-0.2, 0) is 4.79 Å². The van der Waals surface area contributed by atoms with Crippen LogP contribution in [0.4, 0.5) is 0 Å². The second kappa shape index (κ2) is 12.0. The first kappa shape index (κ1) is 23.4. The van der Waals surface area contributed by atoms with Gasteiger partial charge in [0, 0.05) is 50.7 Å². The smallest absolute Gasteiger partial charge is 0.251 e. The van der Waals surface area contributed by atoms with Crippen molar-refractivity contribution in [3.63, 3.8) is 0 Å². The summed E-state index contributed by atoms with van der Waals surface area (Å²) in [5.74, 6) is 1.19. The van der Waals surface area contributed by atoms with E-state index in [1.807, 2.05) is 23.1 Å². The predicted octanol–water partition coefficient (Wildman–Crippen LogP) is 1.99. The van der Waals surface area contributed by atoms with Crippen LogP contribution in [0.15, 0.2) is 35.3 Å². The summed E-state index contributed by atoms with van der Waals surface area (Å²) in [7, 11) is 1.73. The molecule has 0 radical (unpaired) electrons. The monoisotopic (exact) mass is 513 g/mol. The summed E-state index contributed by atoms with van der Waals surface area (Å²) in [6.07, 6.45) is 5.40. The van der Waals surface area contributed by atoms with Crippen LogP contribution in [0, 0.1) is 5.92 Å². The number of carbonyl (C=O) groups is 2. The van der Waals surface area contributed by atoms with Crippen LogP contribution >= 0.6 is 24.0 Å². The van der Waals surface area contributed by atoms with Gasteiger partial charge in [0.2, 0.25) is 5.91 Å². The molecule has 160 valence electrons. The Labute approximate surface area is 190 Å². The van der Waals surface area contributed by atoms with Gasteiger partial charge in [0.05, 0.1) is 0 Å². The van der Waals surface area contributed by atoms with E-state index in [0.717, 1.165) is 32.4 Å². The third-order valence-electron chi connectivity index (χ3n) is 5.51. The number of halogens is 1. The molecule has 3 rings (SSSR count). The minimum Gasteiger partial charge on any atom is -0.355 e. The maximum atomic E-state index is 12.6. The lowest BCUT2D eigenvalue weighted by Gasteiger charge is -2.21. The molecule has 7 nitrogen and oxygen atoms in total. The van der Waals surface area contributed by atoms with Crippen molar-refractivity contribution in [2.24, 2.45) is 10.9 Å². The lowest BCUT2D eigenvalue weighted by atomic mass is 10.1. The number of hydrogen-bond acceptors (Lipinski definition) is 3. The fourth-order valence-corrected chi connectivity index (χ4v) is 3.95. The number of likely N-dealkylation sites (tertiary alicyclic amines) is 1. The molecule has 0 aromatic heterocycles. The van der Waals surface area contributed by atoms with Crippen molar-refractivity contribution in [1.82, 2.24) is 20.9 Å². The molecule has 3 N–H and O–H groups in total. The van der Waals surface area contributed by atoms with Gasteiger partial charge in [-0.2, -0.15) is 0 Å². The van der Waals surface area contributed by atoms with Gasteiger partial charge in [-0.1, -0.05) is 31.0 Å². The second-order valence-corrected chi connectivity index (χ2v) is 7.52. The van der Waals surface area contributed by atoms with E-state index in [4.69, 9.17) is 0 Å². The van der Waals surface area contributed by atoms with E-state index in [2.05, 4.69) is 20.9 Å². The summed E-state index contributed by atoms with van der Waals surface area (Å²) in [6, 6.07) is 9.39. The number of benzene rings is 1. The third-order valence-corrected chi connectivity index (χ3v) is 5.51. The Morgan fingerprint density at radius 1 is 1.07 bits per heavy atom. The summed E-state index contributed by atoms with van der Waals surface area (Å²) in [6.45, 7) is 2.64. The van der Waals surface area contributed by atoms with E-state index in [-0.39, 0.29) is 41.8 Å². The standard InChI is InChI=1S/C21H31N5O2.HI/c1-22-21(24-13-12-23-19(27)16-7-3-2-4-8-16)25-18-11-14-26(15-18)20(28)17-9-5-6-10-17;/h2-4,7-8,17-18H,5-6,9-15H2,1H3,(H,23,27)(H2,22,24,25);1H. The highest BCUT2D eigenvalue weighted by molar-refractivity contribution is 14.0. The summed E-state index contributed by atoms with van der Waals surface area (Å²) >= 11 is 0. The highest BCUT2D eigenvalue weighted by Gasteiger charge is 2.32. The number of nitrogens with one attached hydrogen (secondary N) is 3. The third kappa shape index (κ3) is 6.87. The lowest BCUT2D eigenvalue weighted by Crippen LogP contribution is -2.47. The first-order valence-electron chi connectivity index (χ1n) is 10.3. The van der Waals surface area contributed by atoms with E-state index < -0.39 is 0 Å². The molecule has 1 aliphatic heterocycles.